The largest absolute Gasteiger partial charge is 0.495 e. The van der Waals surface area contributed by atoms with Gasteiger partial charge in [-0.1, -0.05) is 29.8 Å². The Morgan fingerprint density at radius 2 is 1.72 bits per heavy atom. The van der Waals surface area contributed by atoms with Crippen LogP contribution < -0.4 is 9.64 Å². The molecule has 134 valence electrons. The van der Waals surface area contributed by atoms with Gasteiger partial charge in [-0.3, -0.25) is 0 Å². The standard InChI is InChI=1S/C18H21ClN2O3S/c1-14-5-3-4-6-16(14)20-9-11-21(12-10-20)25(22,23)18-13-15(19)7-8-17(18)24-2/h3-8,13H,9-12H2,1-2H3. The van der Waals surface area contributed by atoms with Crippen LogP contribution in [0.3, 0.4) is 0 Å². The lowest BCUT2D eigenvalue weighted by Crippen LogP contribution is -2.48. The van der Waals surface area contributed by atoms with Crippen molar-refractivity contribution in [2.45, 2.75) is 11.8 Å². The number of methoxy groups -OCH3 is 1. The van der Waals surface area contributed by atoms with E-state index in [2.05, 4.69) is 24.0 Å². The number of halogens is 1. The number of aryl methyl sites for hydroxylation is 1. The maximum Gasteiger partial charge on any atom is 0.246 e. The Balaban J connectivity index is 1.81. The Hall–Kier alpha value is -1.76. The van der Waals surface area contributed by atoms with Gasteiger partial charge in [-0.05, 0) is 36.8 Å². The highest BCUT2D eigenvalue weighted by molar-refractivity contribution is 7.89. The van der Waals surface area contributed by atoms with Gasteiger partial charge in [0.15, 0.2) is 0 Å². The van der Waals surface area contributed by atoms with Gasteiger partial charge in [-0.15, -0.1) is 0 Å². The normalized spacial score (nSPS) is 16.0. The predicted molar refractivity (Wildman–Crippen MR) is 100 cm³/mol. The molecule has 0 atom stereocenters. The van der Waals surface area contributed by atoms with E-state index in [9.17, 15) is 8.42 Å². The van der Waals surface area contributed by atoms with E-state index in [1.807, 2.05) is 12.1 Å². The minimum Gasteiger partial charge on any atom is -0.495 e. The molecular weight excluding hydrogens is 360 g/mol. The zero-order valence-electron chi connectivity index (χ0n) is 14.3. The third-order valence-corrected chi connectivity index (χ3v) is 6.59. The lowest BCUT2D eigenvalue weighted by atomic mass is 10.1. The summed E-state index contributed by atoms with van der Waals surface area (Å²) < 4.78 is 32.7. The summed E-state index contributed by atoms with van der Waals surface area (Å²) in [4.78, 5) is 2.34. The summed E-state index contributed by atoms with van der Waals surface area (Å²) >= 11 is 5.99. The van der Waals surface area contributed by atoms with E-state index in [-0.39, 0.29) is 4.90 Å². The van der Waals surface area contributed by atoms with Crippen LogP contribution in [-0.2, 0) is 10.0 Å². The van der Waals surface area contributed by atoms with Gasteiger partial charge in [0.2, 0.25) is 10.0 Å². The number of ether oxygens (including phenoxy) is 1. The van der Waals surface area contributed by atoms with E-state index < -0.39 is 10.0 Å². The molecule has 0 N–H and O–H groups in total. The molecule has 0 saturated carbocycles. The molecule has 0 aliphatic carbocycles. The van der Waals surface area contributed by atoms with Gasteiger partial charge >= 0.3 is 0 Å². The summed E-state index contributed by atoms with van der Waals surface area (Å²) in [6.45, 7) is 4.20. The number of hydrogen-bond acceptors (Lipinski definition) is 4. The highest BCUT2D eigenvalue weighted by Crippen LogP contribution is 2.30. The second-order valence-electron chi connectivity index (χ2n) is 5.97. The van der Waals surface area contributed by atoms with Crippen molar-refractivity contribution < 1.29 is 13.2 Å². The molecule has 1 aliphatic heterocycles. The molecule has 0 aromatic heterocycles. The third kappa shape index (κ3) is 3.61. The van der Waals surface area contributed by atoms with Crippen LogP contribution in [0.1, 0.15) is 5.56 Å². The lowest BCUT2D eigenvalue weighted by molar-refractivity contribution is 0.374. The molecule has 2 aromatic rings. The monoisotopic (exact) mass is 380 g/mol. The summed E-state index contributed by atoms with van der Waals surface area (Å²) in [5, 5.41) is 0.373. The fraction of sp³-hybridized carbons (Fsp3) is 0.333. The minimum atomic E-state index is -3.65. The molecular formula is C18H21ClN2O3S. The third-order valence-electron chi connectivity index (χ3n) is 4.44. The average molecular weight is 381 g/mol. The van der Waals surface area contributed by atoms with Crippen LogP contribution >= 0.6 is 11.6 Å². The van der Waals surface area contributed by atoms with Crippen molar-refractivity contribution in [2.75, 3.05) is 38.2 Å². The van der Waals surface area contributed by atoms with Crippen LogP contribution in [0.15, 0.2) is 47.4 Å². The Labute approximate surface area is 153 Å². The zero-order chi connectivity index (χ0) is 18.0. The molecule has 25 heavy (non-hydrogen) atoms. The number of anilines is 1. The van der Waals surface area contributed by atoms with Gasteiger partial charge in [0.05, 0.1) is 7.11 Å². The molecule has 0 amide bonds. The van der Waals surface area contributed by atoms with E-state index in [4.69, 9.17) is 16.3 Å². The first-order chi connectivity index (χ1) is 11.9. The first-order valence-electron chi connectivity index (χ1n) is 8.08. The molecule has 0 spiro atoms. The minimum absolute atomic E-state index is 0.117. The quantitative estimate of drug-likeness (QED) is 0.817. The van der Waals surface area contributed by atoms with Crippen molar-refractivity contribution >= 4 is 27.3 Å². The number of hydrogen-bond donors (Lipinski definition) is 0. The molecule has 3 rings (SSSR count). The van der Waals surface area contributed by atoms with Crippen LogP contribution in [0.2, 0.25) is 5.02 Å². The van der Waals surface area contributed by atoms with Gasteiger partial charge in [-0.2, -0.15) is 4.31 Å². The molecule has 7 heteroatoms. The van der Waals surface area contributed by atoms with E-state index in [0.717, 1.165) is 5.69 Å². The average Bonchev–Trinajstić information content (AvgIpc) is 2.62. The second kappa shape index (κ2) is 7.23. The number of piperazine rings is 1. The summed E-state index contributed by atoms with van der Waals surface area (Å²) in [6, 6.07) is 12.8. The van der Waals surface area contributed by atoms with Gasteiger partial charge in [-0.25, -0.2) is 8.42 Å². The van der Waals surface area contributed by atoms with Crippen LogP contribution in [0.5, 0.6) is 5.75 Å². The maximum atomic E-state index is 13.0. The molecule has 1 saturated heterocycles. The smallest absolute Gasteiger partial charge is 0.246 e. The van der Waals surface area contributed by atoms with Crippen LogP contribution in [-0.4, -0.2) is 46.0 Å². The molecule has 1 fully saturated rings. The van der Waals surface area contributed by atoms with Crippen molar-refractivity contribution in [2.24, 2.45) is 0 Å². The Kier molecular flexibility index (Phi) is 5.22. The zero-order valence-corrected chi connectivity index (χ0v) is 15.8. The molecule has 2 aromatic carbocycles. The molecule has 1 aliphatic rings. The van der Waals surface area contributed by atoms with E-state index in [1.165, 1.54) is 23.0 Å². The van der Waals surface area contributed by atoms with Crippen LogP contribution in [0.4, 0.5) is 5.69 Å². The first kappa shape index (κ1) is 18.0. The van der Waals surface area contributed by atoms with E-state index >= 15 is 0 Å². The highest BCUT2D eigenvalue weighted by Gasteiger charge is 2.31. The topological polar surface area (TPSA) is 49.9 Å². The number of para-hydroxylation sites is 1. The van der Waals surface area contributed by atoms with Crippen molar-refractivity contribution in [1.29, 1.82) is 0 Å². The van der Waals surface area contributed by atoms with Gasteiger partial charge in [0, 0.05) is 36.9 Å². The van der Waals surface area contributed by atoms with E-state index in [1.54, 1.807) is 12.1 Å². The fourth-order valence-corrected chi connectivity index (χ4v) is 4.92. The summed E-state index contributed by atoms with van der Waals surface area (Å²) in [6.07, 6.45) is 0. The molecule has 5 nitrogen and oxygen atoms in total. The Morgan fingerprint density at radius 3 is 2.36 bits per heavy atom. The molecule has 0 bridgehead atoms. The van der Waals surface area contributed by atoms with Crippen molar-refractivity contribution in [1.82, 2.24) is 4.31 Å². The highest BCUT2D eigenvalue weighted by atomic mass is 35.5. The van der Waals surface area contributed by atoms with Crippen LogP contribution in [0, 0.1) is 6.92 Å². The molecule has 1 heterocycles. The molecule has 0 radical (unpaired) electrons. The molecule has 0 unspecified atom stereocenters. The lowest BCUT2D eigenvalue weighted by Gasteiger charge is -2.36. The van der Waals surface area contributed by atoms with Crippen molar-refractivity contribution in [3.63, 3.8) is 0 Å². The van der Waals surface area contributed by atoms with E-state index in [0.29, 0.717) is 37.0 Å². The fourth-order valence-electron chi connectivity index (χ4n) is 3.08. The van der Waals surface area contributed by atoms with Crippen molar-refractivity contribution in [3.8, 4) is 5.75 Å². The SMILES string of the molecule is COc1ccc(Cl)cc1S(=O)(=O)N1CCN(c2ccccc2C)CC1. The second-order valence-corrected chi connectivity index (χ2v) is 8.32. The van der Waals surface area contributed by atoms with Crippen LogP contribution in [0.25, 0.3) is 0 Å². The van der Waals surface area contributed by atoms with Crippen molar-refractivity contribution in [3.05, 3.63) is 53.1 Å². The van der Waals surface area contributed by atoms with Gasteiger partial charge in [0.25, 0.3) is 0 Å². The van der Waals surface area contributed by atoms with Gasteiger partial charge in [0.1, 0.15) is 10.6 Å². The number of nitrogens with zero attached hydrogens (tertiary/aromatic N) is 2. The maximum absolute atomic E-state index is 13.0. The summed E-state index contributed by atoms with van der Waals surface area (Å²) in [5.74, 6) is 0.311. The Morgan fingerprint density at radius 1 is 1.04 bits per heavy atom. The first-order valence-corrected chi connectivity index (χ1v) is 9.89. The predicted octanol–water partition coefficient (Wildman–Crippen LogP) is 3.17. The summed E-state index contributed by atoms with van der Waals surface area (Å²) in [7, 11) is -2.19. The Bertz CT molecular complexity index is 862. The number of sulfonamides is 1. The van der Waals surface area contributed by atoms with Gasteiger partial charge < -0.3 is 9.64 Å². The number of benzene rings is 2. The number of rotatable bonds is 4. The summed E-state index contributed by atoms with van der Waals surface area (Å²) in [5.41, 5.74) is 2.34.